The zero-order valence-corrected chi connectivity index (χ0v) is 9.74. The third-order valence-electron chi connectivity index (χ3n) is 2.21. The van der Waals surface area contributed by atoms with Gasteiger partial charge in [-0.05, 0) is 5.56 Å². The first-order valence-corrected chi connectivity index (χ1v) is 5.34. The van der Waals surface area contributed by atoms with Gasteiger partial charge in [0.25, 0.3) is 0 Å². The molecule has 0 heterocycles. The third kappa shape index (κ3) is 4.84. The van der Waals surface area contributed by atoms with Crippen molar-refractivity contribution >= 4 is 6.09 Å². The molecule has 0 aliphatic carbocycles. The summed E-state index contributed by atoms with van der Waals surface area (Å²) in [5, 5.41) is 17.8. The van der Waals surface area contributed by atoms with Crippen molar-refractivity contribution in [1.29, 1.82) is 0 Å². The first-order valence-electron chi connectivity index (χ1n) is 5.34. The highest BCUT2D eigenvalue weighted by molar-refractivity contribution is 5.67. The van der Waals surface area contributed by atoms with E-state index in [1.54, 1.807) is 0 Å². The molecule has 0 radical (unpaired) electrons. The van der Waals surface area contributed by atoms with Crippen LogP contribution in [0.5, 0.6) is 0 Å². The molecule has 0 bridgehead atoms. The number of likely N-dealkylation sites (N-methyl/N-ethyl adjacent to an activating group) is 1. The Morgan fingerprint density at radius 2 is 2.06 bits per heavy atom. The average molecular weight is 239 g/mol. The average Bonchev–Trinajstić information content (AvgIpc) is 2.36. The van der Waals surface area contributed by atoms with Crippen LogP contribution in [0, 0.1) is 0 Å². The first-order chi connectivity index (χ1) is 8.13. The number of amides is 1. The fourth-order valence-electron chi connectivity index (χ4n) is 1.28. The van der Waals surface area contributed by atoms with Gasteiger partial charge in [0.15, 0.2) is 0 Å². The van der Waals surface area contributed by atoms with Crippen molar-refractivity contribution in [2.24, 2.45) is 0 Å². The number of aliphatic hydroxyl groups excluding tert-OH is 2. The SMILES string of the molecule is CN(CC(O)CO)C(=O)OCc1ccccc1. The van der Waals surface area contributed by atoms with Gasteiger partial charge in [0.2, 0.25) is 0 Å². The van der Waals surface area contributed by atoms with E-state index in [4.69, 9.17) is 14.9 Å². The maximum absolute atomic E-state index is 11.5. The predicted octanol–water partition coefficient (Wildman–Crippen LogP) is 0.608. The first kappa shape index (κ1) is 13.5. The molecule has 17 heavy (non-hydrogen) atoms. The van der Waals surface area contributed by atoms with E-state index in [2.05, 4.69) is 0 Å². The van der Waals surface area contributed by atoms with Crippen molar-refractivity contribution in [2.45, 2.75) is 12.7 Å². The van der Waals surface area contributed by atoms with Crippen molar-refractivity contribution in [1.82, 2.24) is 4.90 Å². The Kier molecular flexibility index (Phi) is 5.45. The van der Waals surface area contributed by atoms with Gasteiger partial charge in [0.05, 0.1) is 19.3 Å². The van der Waals surface area contributed by atoms with Crippen LogP contribution in [0.3, 0.4) is 0 Å². The van der Waals surface area contributed by atoms with E-state index in [0.29, 0.717) is 0 Å². The van der Waals surface area contributed by atoms with Crippen LogP contribution >= 0.6 is 0 Å². The fourth-order valence-corrected chi connectivity index (χ4v) is 1.28. The van der Waals surface area contributed by atoms with Gasteiger partial charge in [-0.25, -0.2) is 4.79 Å². The summed E-state index contributed by atoms with van der Waals surface area (Å²) in [6.07, 6.45) is -1.47. The highest BCUT2D eigenvalue weighted by Gasteiger charge is 2.13. The second-order valence-corrected chi connectivity index (χ2v) is 3.76. The molecule has 1 rings (SSSR count). The Labute approximate surface area is 100 Å². The Morgan fingerprint density at radius 1 is 1.41 bits per heavy atom. The minimum Gasteiger partial charge on any atom is -0.445 e. The van der Waals surface area contributed by atoms with E-state index in [-0.39, 0.29) is 19.8 Å². The molecular formula is C12H17NO4. The number of benzene rings is 1. The van der Waals surface area contributed by atoms with E-state index in [9.17, 15) is 4.79 Å². The molecule has 0 saturated carbocycles. The molecule has 0 aliphatic heterocycles. The summed E-state index contributed by atoms with van der Waals surface area (Å²) in [7, 11) is 1.51. The van der Waals surface area contributed by atoms with E-state index in [0.717, 1.165) is 5.56 Å². The molecule has 5 nitrogen and oxygen atoms in total. The summed E-state index contributed by atoms with van der Waals surface area (Å²) < 4.78 is 5.03. The summed E-state index contributed by atoms with van der Waals surface area (Å²) in [5.41, 5.74) is 0.900. The lowest BCUT2D eigenvalue weighted by molar-refractivity contribution is 0.0523. The third-order valence-corrected chi connectivity index (χ3v) is 2.21. The predicted molar refractivity (Wildman–Crippen MR) is 62.3 cm³/mol. The van der Waals surface area contributed by atoms with Crippen molar-refractivity contribution in [3.05, 3.63) is 35.9 Å². The summed E-state index contributed by atoms with van der Waals surface area (Å²) in [5.74, 6) is 0. The number of ether oxygens (including phenoxy) is 1. The lowest BCUT2D eigenvalue weighted by atomic mass is 10.2. The van der Waals surface area contributed by atoms with Gasteiger partial charge in [-0.2, -0.15) is 0 Å². The molecule has 0 aromatic heterocycles. The van der Waals surface area contributed by atoms with E-state index < -0.39 is 12.2 Å². The highest BCUT2D eigenvalue weighted by Crippen LogP contribution is 2.02. The van der Waals surface area contributed by atoms with Gasteiger partial charge in [-0.15, -0.1) is 0 Å². The molecule has 1 aromatic rings. The molecule has 94 valence electrons. The van der Waals surface area contributed by atoms with Crippen LogP contribution in [-0.4, -0.2) is 47.5 Å². The van der Waals surface area contributed by atoms with Crippen LogP contribution < -0.4 is 0 Å². The zero-order valence-electron chi connectivity index (χ0n) is 9.74. The molecule has 2 N–H and O–H groups in total. The van der Waals surface area contributed by atoms with Crippen LogP contribution in [0.4, 0.5) is 4.79 Å². The number of aliphatic hydroxyl groups is 2. The molecule has 0 saturated heterocycles. The number of hydrogen-bond donors (Lipinski definition) is 2. The normalized spacial score (nSPS) is 11.9. The minimum atomic E-state index is -0.940. The minimum absolute atomic E-state index is 0.0458. The van der Waals surface area contributed by atoms with Gasteiger partial charge >= 0.3 is 6.09 Å². The smallest absolute Gasteiger partial charge is 0.409 e. The van der Waals surface area contributed by atoms with Gasteiger partial charge < -0.3 is 19.8 Å². The van der Waals surface area contributed by atoms with Crippen LogP contribution in [0.25, 0.3) is 0 Å². The number of carbonyl (C=O) groups excluding carboxylic acids is 1. The quantitative estimate of drug-likeness (QED) is 0.789. The van der Waals surface area contributed by atoms with E-state index in [1.807, 2.05) is 30.3 Å². The van der Waals surface area contributed by atoms with Crippen LogP contribution in [-0.2, 0) is 11.3 Å². The van der Waals surface area contributed by atoms with Gasteiger partial charge in [-0.3, -0.25) is 0 Å². The van der Waals surface area contributed by atoms with Crippen molar-refractivity contribution in [3.63, 3.8) is 0 Å². The van der Waals surface area contributed by atoms with Crippen LogP contribution in [0.15, 0.2) is 30.3 Å². The summed E-state index contributed by atoms with van der Waals surface area (Å²) >= 11 is 0. The van der Waals surface area contributed by atoms with E-state index in [1.165, 1.54) is 11.9 Å². The van der Waals surface area contributed by atoms with Gasteiger partial charge in [-0.1, -0.05) is 30.3 Å². The van der Waals surface area contributed by atoms with Crippen molar-refractivity contribution in [2.75, 3.05) is 20.2 Å². The Balaban J connectivity index is 2.34. The number of nitrogens with zero attached hydrogens (tertiary/aromatic N) is 1. The molecule has 5 heteroatoms. The topological polar surface area (TPSA) is 70.0 Å². The zero-order chi connectivity index (χ0) is 12.7. The second-order valence-electron chi connectivity index (χ2n) is 3.76. The molecule has 1 atom stereocenters. The van der Waals surface area contributed by atoms with Crippen molar-refractivity contribution < 1.29 is 19.7 Å². The molecule has 1 aromatic carbocycles. The molecule has 0 spiro atoms. The number of hydrogen-bond acceptors (Lipinski definition) is 4. The van der Waals surface area contributed by atoms with Crippen LogP contribution in [0.2, 0.25) is 0 Å². The van der Waals surface area contributed by atoms with Crippen LogP contribution in [0.1, 0.15) is 5.56 Å². The maximum Gasteiger partial charge on any atom is 0.409 e. The Hall–Kier alpha value is -1.59. The van der Waals surface area contributed by atoms with E-state index >= 15 is 0 Å². The molecule has 0 aliphatic rings. The number of carbonyl (C=O) groups is 1. The fraction of sp³-hybridized carbons (Fsp3) is 0.417. The summed E-state index contributed by atoms with van der Waals surface area (Å²) in [6.45, 7) is -0.139. The molecule has 1 amide bonds. The van der Waals surface area contributed by atoms with Gasteiger partial charge in [0.1, 0.15) is 6.61 Å². The standard InChI is InChI=1S/C12H17NO4/c1-13(7-11(15)8-14)12(16)17-9-10-5-3-2-4-6-10/h2-6,11,14-15H,7-9H2,1H3. The largest absolute Gasteiger partial charge is 0.445 e. The number of rotatable bonds is 5. The Bertz CT molecular complexity index is 342. The monoisotopic (exact) mass is 239 g/mol. The highest BCUT2D eigenvalue weighted by atomic mass is 16.6. The Morgan fingerprint density at radius 3 is 2.65 bits per heavy atom. The maximum atomic E-state index is 11.5. The second kappa shape index (κ2) is 6.88. The lowest BCUT2D eigenvalue weighted by Gasteiger charge is -2.19. The van der Waals surface area contributed by atoms with Gasteiger partial charge in [0, 0.05) is 7.05 Å². The molecule has 1 unspecified atom stereocenters. The van der Waals surface area contributed by atoms with Crippen molar-refractivity contribution in [3.8, 4) is 0 Å². The molecular weight excluding hydrogens is 222 g/mol. The lowest BCUT2D eigenvalue weighted by Crippen LogP contribution is -2.36. The molecule has 0 fully saturated rings. The summed E-state index contributed by atoms with van der Waals surface area (Å²) in [6, 6.07) is 9.32. The summed E-state index contributed by atoms with van der Waals surface area (Å²) in [4.78, 5) is 12.7.